The van der Waals surface area contributed by atoms with Gasteiger partial charge in [-0.15, -0.1) is 0 Å². The van der Waals surface area contributed by atoms with Crippen LogP contribution in [0.4, 0.5) is 0 Å². The molecule has 0 saturated heterocycles. The lowest BCUT2D eigenvalue weighted by molar-refractivity contribution is -0.225. The van der Waals surface area contributed by atoms with E-state index in [9.17, 15) is 14.3 Å². The van der Waals surface area contributed by atoms with Crippen molar-refractivity contribution < 1.29 is 28.4 Å². The van der Waals surface area contributed by atoms with Crippen molar-refractivity contribution in [1.82, 2.24) is 0 Å². The molecule has 1 atom stereocenters. The van der Waals surface area contributed by atoms with Crippen LogP contribution in [0.15, 0.2) is 0 Å². The Bertz CT molecular complexity index is 577. The van der Waals surface area contributed by atoms with Crippen LogP contribution in [0.2, 0.25) is 0 Å². The SMILES string of the molecule is CCCCCCCCCCCCCCOP(=O)([O-])OCCCCCCCCCCCCCC.NCCCCC(N)C(=O)O. The zero-order chi connectivity index (χ0) is 32.3. The van der Waals surface area contributed by atoms with Gasteiger partial charge in [0.1, 0.15) is 6.04 Å². The van der Waals surface area contributed by atoms with Gasteiger partial charge < -0.3 is 30.5 Å². The normalized spacial score (nSPS) is 12.2. The number of hydrogen-bond acceptors (Lipinski definition) is 7. The standard InChI is InChI=1S/C28H59O4P.C6H14N2O2/c1-3-5-7-9-11-13-15-17-19-21-23-25-27-31-33(29,30)32-28-26-24-22-20-18-16-14-12-10-8-6-4-2;7-4-2-1-3-5(8)6(9)10/h3-28H2,1-2H3,(H,29,30);5H,1-4,7-8H2,(H,9,10)/p-1. The Hall–Kier alpha value is -0.500. The molecule has 1 unspecified atom stereocenters. The van der Waals surface area contributed by atoms with Gasteiger partial charge >= 0.3 is 5.97 Å². The summed E-state index contributed by atoms with van der Waals surface area (Å²) in [5.41, 5.74) is 10.4. The van der Waals surface area contributed by atoms with Crippen LogP contribution in [0, 0.1) is 0 Å². The molecule has 8 nitrogen and oxygen atoms in total. The summed E-state index contributed by atoms with van der Waals surface area (Å²) in [7, 11) is -4.11. The van der Waals surface area contributed by atoms with Gasteiger partial charge in [-0.25, -0.2) is 0 Å². The number of phosphoric acid groups is 1. The van der Waals surface area contributed by atoms with Crippen LogP contribution in [0.25, 0.3) is 0 Å². The second-order valence-corrected chi connectivity index (χ2v) is 13.5. The average Bonchev–Trinajstić information content (AvgIpc) is 2.98. The molecule has 43 heavy (non-hydrogen) atoms. The second kappa shape index (κ2) is 36.0. The lowest BCUT2D eigenvalue weighted by Gasteiger charge is -2.22. The zero-order valence-electron chi connectivity index (χ0n) is 28.4. The lowest BCUT2D eigenvalue weighted by atomic mass is 10.1. The summed E-state index contributed by atoms with van der Waals surface area (Å²) in [6.45, 7) is 5.64. The smallest absolute Gasteiger partial charge is 0.320 e. The van der Waals surface area contributed by atoms with Gasteiger partial charge in [0.15, 0.2) is 0 Å². The van der Waals surface area contributed by atoms with Crippen LogP contribution in [-0.4, -0.2) is 36.9 Å². The van der Waals surface area contributed by atoms with E-state index in [1.54, 1.807) is 0 Å². The van der Waals surface area contributed by atoms with E-state index < -0.39 is 19.8 Å². The first-order chi connectivity index (χ1) is 20.8. The summed E-state index contributed by atoms with van der Waals surface area (Å²) in [6.07, 6.45) is 32.4. The highest BCUT2D eigenvalue weighted by molar-refractivity contribution is 7.45. The predicted octanol–water partition coefficient (Wildman–Crippen LogP) is 9.42. The highest BCUT2D eigenvalue weighted by Crippen LogP contribution is 2.38. The first-order valence-corrected chi connectivity index (χ1v) is 19.5. The monoisotopic (exact) mass is 636 g/mol. The predicted molar refractivity (Wildman–Crippen MR) is 180 cm³/mol. The van der Waals surface area contributed by atoms with Crippen LogP contribution < -0.4 is 16.4 Å². The zero-order valence-corrected chi connectivity index (χ0v) is 29.3. The van der Waals surface area contributed by atoms with Gasteiger partial charge in [-0.3, -0.25) is 9.36 Å². The Morgan fingerprint density at radius 2 is 0.907 bits per heavy atom. The van der Waals surface area contributed by atoms with Crippen molar-refractivity contribution in [3.63, 3.8) is 0 Å². The number of carbonyl (C=O) groups is 1. The minimum Gasteiger partial charge on any atom is -0.756 e. The van der Waals surface area contributed by atoms with E-state index in [4.69, 9.17) is 25.6 Å². The Morgan fingerprint density at radius 3 is 1.19 bits per heavy atom. The molecular formula is C34H72N2O6P-. The molecule has 0 aliphatic heterocycles. The number of carboxylic acid groups (broad SMARTS) is 1. The summed E-state index contributed by atoms with van der Waals surface area (Å²) in [6, 6.07) is -0.716. The fourth-order valence-electron chi connectivity index (χ4n) is 4.91. The summed E-state index contributed by atoms with van der Waals surface area (Å²) >= 11 is 0. The van der Waals surface area contributed by atoms with Crippen LogP contribution in [0.5, 0.6) is 0 Å². The van der Waals surface area contributed by atoms with E-state index >= 15 is 0 Å². The summed E-state index contributed by atoms with van der Waals surface area (Å²) in [5, 5.41) is 8.33. The van der Waals surface area contributed by atoms with E-state index in [1.807, 2.05) is 0 Å². The van der Waals surface area contributed by atoms with Crippen molar-refractivity contribution in [1.29, 1.82) is 0 Å². The third-order valence-electron chi connectivity index (χ3n) is 7.78. The van der Waals surface area contributed by atoms with Crippen LogP contribution in [0.3, 0.4) is 0 Å². The number of nitrogens with two attached hydrogens (primary N) is 2. The van der Waals surface area contributed by atoms with E-state index in [1.165, 1.54) is 128 Å². The first kappa shape index (κ1) is 44.6. The van der Waals surface area contributed by atoms with Crippen molar-refractivity contribution in [2.75, 3.05) is 19.8 Å². The van der Waals surface area contributed by atoms with Crippen molar-refractivity contribution in [2.24, 2.45) is 11.5 Å². The van der Waals surface area contributed by atoms with Gasteiger partial charge in [0.25, 0.3) is 7.82 Å². The Kier molecular flexibility index (Phi) is 37.3. The molecule has 0 aromatic heterocycles. The third-order valence-corrected chi connectivity index (χ3v) is 8.78. The van der Waals surface area contributed by atoms with E-state index in [0.29, 0.717) is 13.0 Å². The number of phosphoric ester groups is 1. The van der Waals surface area contributed by atoms with Crippen molar-refractivity contribution in [3.8, 4) is 0 Å². The number of rotatable bonds is 33. The van der Waals surface area contributed by atoms with Gasteiger partial charge in [0, 0.05) is 0 Å². The molecule has 0 saturated carbocycles. The molecule has 9 heteroatoms. The van der Waals surface area contributed by atoms with Crippen molar-refractivity contribution in [2.45, 2.75) is 193 Å². The average molecular weight is 636 g/mol. The molecule has 0 spiro atoms. The summed E-state index contributed by atoms with van der Waals surface area (Å²) in [4.78, 5) is 22.0. The maximum atomic E-state index is 11.8. The van der Waals surface area contributed by atoms with Gasteiger partial charge in [-0.1, -0.05) is 162 Å². The molecule has 0 aromatic rings. The minimum absolute atomic E-state index is 0.261. The van der Waals surface area contributed by atoms with Crippen molar-refractivity contribution >= 4 is 13.8 Å². The van der Waals surface area contributed by atoms with Gasteiger partial charge in [0.05, 0.1) is 13.2 Å². The fourth-order valence-corrected chi connectivity index (χ4v) is 5.69. The van der Waals surface area contributed by atoms with Gasteiger partial charge in [0.2, 0.25) is 0 Å². The molecular weight excluding hydrogens is 563 g/mol. The Morgan fingerprint density at radius 1 is 0.605 bits per heavy atom. The van der Waals surface area contributed by atoms with E-state index in [2.05, 4.69) is 13.8 Å². The van der Waals surface area contributed by atoms with E-state index in [-0.39, 0.29) is 13.2 Å². The molecule has 0 aliphatic rings. The molecule has 0 aromatic carbocycles. The first-order valence-electron chi connectivity index (χ1n) is 18.1. The topological polar surface area (TPSA) is 148 Å². The third kappa shape index (κ3) is 39.5. The minimum atomic E-state index is -4.11. The number of aliphatic carboxylic acids is 1. The maximum Gasteiger partial charge on any atom is 0.320 e. The largest absolute Gasteiger partial charge is 0.756 e. The number of unbranched alkanes of at least 4 members (excludes halogenated alkanes) is 23. The highest BCUT2D eigenvalue weighted by atomic mass is 31.2. The Balaban J connectivity index is 0. The van der Waals surface area contributed by atoms with Gasteiger partial charge in [-0.2, -0.15) is 0 Å². The van der Waals surface area contributed by atoms with Crippen molar-refractivity contribution in [3.05, 3.63) is 0 Å². The molecule has 0 fully saturated rings. The molecule has 5 N–H and O–H groups in total. The molecule has 0 amide bonds. The molecule has 0 heterocycles. The maximum absolute atomic E-state index is 11.8. The Labute approximate surface area is 266 Å². The quantitative estimate of drug-likeness (QED) is 0.0477. The van der Waals surface area contributed by atoms with Crippen LogP contribution in [-0.2, 0) is 18.4 Å². The summed E-state index contributed by atoms with van der Waals surface area (Å²) in [5.74, 6) is -0.933. The van der Waals surface area contributed by atoms with Crippen LogP contribution in [0.1, 0.15) is 187 Å². The molecule has 0 bridgehead atoms. The number of hydrogen-bond donors (Lipinski definition) is 3. The van der Waals surface area contributed by atoms with Gasteiger partial charge in [-0.05, 0) is 32.2 Å². The fraction of sp³-hybridized carbons (Fsp3) is 0.971. The number of carboxylic acids is 1. The second-order valence-electron chi connectivity index (χ2n) is 12.1. The molecule has 0 radical (unpaired) electrons. The summed E-state index contributed by atoms with van der Waals surface area (Å²) < 4.78 is 21.8. The molecule has 0 rings (SSSR count). The van der Waals surface area contributed by atoms with Crippen LogP contribution >= 0.6 is 7.82 Å². The lowest BCUT2D eigenvalue weighted by Crippen LogP contribution is -2.29. The highest BCUT2D eigenvalue weighted by Gasteiger charge is 2.10. The molecule has 260 valence electrons. The molecule has 0 aliphatic carbocycles. The van der Waals surface area contributed by atoms with E-state index in [0.717, 1.165) is 38.5 Å².